The molecule has 4 amide bonds. The summed E-state index contributed by atoms with van der Waals surface area (Å²) < 4.78 is 96.8. The number of rotatable bonds is 33. The first kappa shape index (κ1) is 79.7. The minimum Gasteiger partial charge on any atom is -0.691 e. The average molecular weight is 1430 g/mol. The van der Waals surface area contributed by atoms with Crippen molar-refractivity contribution in [1.29, 1.82) is 0 Å². The van der Waals surface area contributed by atoms with Gasteiger partial charge in [-0.1, -0.05) is 13.0 Å². The Bertz CT molecular complexity index is 3840. The molecule has 0 spiro atoms. The number of aryl methyl sites for hydroxylation is 2. The molecular weight excluding hydrogens is 1330 g/mol. The number of amides is 4. The van der Waals surface area contributed by atoms with Gasteiger partial charge >= 0.3 is 5.97 Å². The lowest BCUT2D eigenvalue weighted by atomic mass is 9.71. The van der Waals surface area contributed by atoms with Crippen molar-refractivity contribution in [2.75, 3.05) is 31.2 Å². The van der Waals surface area contributed by atoms with E-state index >= 15 is 0 Å². The van der Waals surface area contributed by atoms with Gasteiger partial charge in [-0.25, -0.2) is 4.79 Å². The van der Waals surface area contributed by atoms with Crippen LogP contribution in [0.3, 0.4) is 0 Å². The molecule has 23 nitrogen and oxygen atoms in total. The maximum absolute atomic E-state index is 14.7. The number of anilines is 1. The minimum absolute atomic E-state index is 0.0278. The number of nitrogens with zero attached hydrogens (tertiary/aromatic N) is 3. The van der Waals surface area contributed by atoms with Crippen LogP contribution in [0.25, 0.3) is 0 Å². The Hall–Kier alpha value is -6.59. The van der Waals surface area contributed by atoms with E-state index in [1.165, 1.54) is 36.4 Å². The molecular formula is C73H101N5O18S3. The van der Waals surface area contributed by atoms with E-state index in [2.05, 4.69) is 32.1 Å². The number of allylic oxidation sites excluding steroid dienone is 7. The fourth-order valence-corrected chi connectivity index (χ4v) is 14.8. The molecule has 26 heteroatoms. The summed E-state index contributed by atoms with van der Waals surface area (Å²) in [4.78, 5) is 73.7. The van der Waals surface area contributed by atoms with Crippen molar-refractivity contribution in [3.8, 4) is 5.75 Å². The van der Waals surface area contributed by atoms with Crippen molar-refractivity contribution in [3.05, 3.63) is 118 Å². The number of hydrogen-bond acceptors (Lipinski definition) is 18. The highest BCUT2D eigenvalue weighted by Crippen LogP contribution is 2.56. The zero-order valence-corrected chi connectivity index (χ0v) is 62.5. The highest BCUT2D eigenvalue weighted by molar-refractivity contribution is 7.94. The topological polar surface area (TPSA) is 306 Å². The van der Waals surface area contributed by atoms with E-state index in [1.54, 1.807) is 6.92 Å². The van der Waals surface area contributed by atoms with Gasteiger partial charge in [-0.2, -0.15) is 25.7 Å². The molecule has 99 heavy (non-hydrogen) atoms. The highest BCUT2D eigenvalue weighted by atomic mass is 32.2. The van der Waals surface area contributed by atoms with Crippen LogP contribution in [0, 0.1) is 13.8 Å². The first-order valence-corrected chi connectivity index (χ1v) is 37.6. The number of carbonyl (C=O) groups is 5. The van der Waals surface area contributed by atoms with Gasteiger partial charge in [-0.05, 0) is 244 Å². The molecule has 0 radical (unpaired) electrons. The van der Waals surface area contributed by atoms with E-state index in [4.69, 9.17) is 23.4 Å². The molecule has 3 aliphatic heterocycles. The van der Waals surface area contributed by atoms with Crippen molar-refractivity contribution >= 4 is 79.0 Å². The van der Waals surface area contributed by atoms with E-state index in [-0.39, 0.29) is 83.5 Å². The number of nitrogens with one attached hydrogen (secondary N) is 2. The molecule has 0 unspecified atom stereocenters. The van der Waals surface area contributed by atoms with E-state index in [9.17, 15) is 55.2 Å². The number of ether oxygens (including phenoxy) is 3. The van der Waals surface area contributed by atoms with Crippen LogP contribution in [0.5, 0.6) is 5.75 Å². The number of hydroxylamine groups is 2. The van der Waals surface area contributed by atoms with Gasteiger partial charge in [0, 0.05) is 108 Å². The minimum atomic E-state index is -4.64. The van der Waals surface area contributed by atoms with E-state index < -0.39 is 59.9 Å². The number of unbranched alkanes of at least 4 members (excludes halogenated alkanes) is 2. The SMILES string of the molecule is CCCN1/C(=C/C=C2\CCCC(/C=C/C3=[N+](CCCCCC(=O)ON4C(=O)CCC4=O)c4c(C)cc(S(=O)(=O)O)cc4C3(C)C)=C2Oc2ccc(S(=O)(=O)O)cc2)C(CCC(=O)NC(C)(C)CCOC(C)(C)C)(CCC(=O)NC(C)(C)CCOC(C)(C)C)c2cc(SOO[O-])cc(C)c21. The molecule has 7 rings (SSSR count). The molecule has 0 aromatic heterocycles. The van der Waals surface area contributed by atoms with Gasteiger partial charge in [0.2, 0.25) is 17.5 Å². The molecule has 3 aromatic carbocycles. The Morgan fingerprint density at radius 3 is 1.85 bits per heavy atom. The third-order valence-electron chi connectivity index (χ3n) is 18.1. The third-order valence-corrected chi connectivity index (χ3v) is 20.3. The maximum Gasteiger partial charge on any atom is 0.333 e. The average Bonchev–Trinajstić information content (AvgIpc) is 1.59. The van der Waals surface area contributed by atoms with Crippen LogP contribution < -0.4 is 25.5 Å². The number of carbonyl (C=O) groups excluding carboxylic acids is 5. The Kier molecular flexibility index (Phi) is 26.2. The van der Waals surface area contributed by atoms with Crippen molar-refractivity contribution in [1.82, 2.24) is 15.7 Å². The molecule has 1 saturated heterocycles. The molecule has 0 atom stereocenters. The normalized spacial score (nSPS) is 17.6. The van der Waals surface area contributed by atoms with Crippen LogP contribution in [-0.4, -0.2) is 119 Å². The third kappa shape index (κ3) is 21.3. The standard InChI is InChI=1S/C73H101N5O18S3/c1-16-40-76-59(73(57-46-53(97-96-95-84)44-48(2)66(57)76,36-34-60(79)74-70(10,11)38-42-91-68(4,5)6)37-35-61(80)75-71(12,13)39-43-92-69(7,8)9)31-25-51-22-20-21-50(67(51)93-52-26-28-54(29-27-52)98(85,86)87)24-30-58-72(14,15)56-47-55(99(88,89)90)45-49(3)65(56)77(58)41-19-17-18-23-64(83)94-78-62(81)32-33-63(78)82/h24-31,44-47H,16-23,32-43H2,1-15H3,(H4-,74,75,79,80,84,85,86,87,88,89,90). The smallest absolute Gasteiger partial charge is 0.333 e. The summed E-state index contributed by atoms with van der Waals surface area (Å²) in [7, 11) is -9.23. The second-order valence-electron chi connectivity index (χ2n) is 29.8. The number of benzene rings is 3. The molecule has 544 valence electrons. The van der Waals surface area contributed by atoms with Gasteiger partial charge in [0.15, 0.2) is 5.71 Å². The lowest BCUT2D eigenvalue weighted by Crippen LogP contribution is -2.46. The quantitative estimate of drug-likeness (QED) is 0.00837. The molecule has 3 heterocycles. The van der Waals surface area contributed by atoms with Gasteiger partial charge in [0.25, 0.3) is 32.1 Å². The second-order valence-corrected chi connectivity index (χ2v) is 33.5. The Balaban J connectivity index is 1.39. The van der Waals surface area contributed by atoms with Crippen LogP contribution in [-0.2, 0) is 78.7 Å². The molecule has 1 aliphatic carbocycles. The molecule has 3 aromatic rings. The van der Waals surface area contributed by atoms with Gasteiger partial charge in [0.1, 0.15) is 18.1 Å². The van der Waals surface area contributed by atoms with Crippen LogP contribution in [0.15, 0.2) is 110 Å². The van der Waals surface area contributed by atoms with E-state index in [0.29, 0.717) is 111 Å². The maximum atomic E-state index is 14.7. The van der Waals surface area contributed by atoms with Crippen LogP contribution >= 0.6 is 12.0 Å². The first-order chi connectivity index (χ1) is 46.1. The summed E-state index contributed by atoms with van der Waals surface area (Å²) in [6.45, 7) is 31.1. The Labute approximate surface area is 588 Å². The van der Waals surface area contributed by atoms with Crippen LogP contribution in [0.4, 0.5) is 11.4 Å². The largest absolute Gasteiger partial charge is 0.691 e. The predicted octanol–water partition coefficient (Wildman–Crippen LogP) is 12.4. The first-order valence-electron chi connectivity index (χ1n) is 34.0. The van der Waals surface area contributed by atoms with Crippen LogP contribution in [0.2, 0.25) is 0 Å². The molecule has 0 saturated carbocycles. The van der Waals surface area contributed by atoms with Crippen molar-refractivity contribution in [2.45, 2.75) is 254 Å². The van der Waals surface area contributed by atoms with Gasteiger partial charge in [-0.3, -0.25) is 33.3 Å². The molecule has 4 N–H and O–H groups in total. The summed E-state index contributed by atoms with van der Waals surface area (Å²) in [5.41, 5.74) is 3.43. The fraction of sp³-hybridized carbons (Fsp3) is 0.562. The summed E-state index contributed by atoms with van der Waals surface area (Å²) in [5.74, 6) is -1.60. The summed E-state index contributed by atoms with van der Waals surface area (Å²) in [6.07, 6.45) is 13.1. The lowest BCUT2D eigenvalue weighted by Gasteiger charge is -2.35. The van der Waals surface area contributed by atoms with Crippen LogP contribution in [0.1, 0.15) is 215 Å². The van der Waals surface area contributed by atoms with Gasteiger partial charge in [0.05, 0.1) is 38.5 Å². The van der Waals surface area contributed by atoms with Gasteiger partial charge < -0.3 is 39.8 Å². The Morgan fingerprint density at radius 2 is 1.30 bits per heavy atom. The predicted molar refractivity (Wildman–Crippen MR) is 375 cm³/mol. The highest BCUT2D eigenvalue weighted by Gasteiger charge is 2.49. The summed E-state index contributed by atoms with van der Waals surface area (Å²) >= 11 is 0.747. The zero-order chi connectivity index (χ0) is 73.3. The molecule has 1 fully saturated rings. The number of imide groups is 1. The Morgan fingerprint density at radius 1 is 0.717 bits per heavy atom. The number of hydrogen-bond donors (Lipinski definition) is 4. The van der Waals surface area contributed by atoms with E-state index in [0.717, 1.165) is 57.1 Å². The fourth-order valence-electron chi connectivity index (χ4n) is 13.2. The van der Waals surface area contributed by atoms with Gasteiger partial charge in [-0.15, -0.1) is 5.06 Å². The molecule has 0 bridgehead atoms. The monoisotopic (exact) mass is 1430 g/mol. The van der Waals surface area contributed by atoms with Crippen molar-refractivity contribution < 1.29 is 88.2 Å². The summed E-state index contributed by atoms with van der Waals surface area (Å²) in [6, 6.07) is 12.1. The number of fused-ring (bicyclic) bond motifs is 2. The van der Waals surface area contributed by atoms with E-state index in [1.807, 2.05) is 126 Å². The second kappa shape index (κ2) is 32.6. The summed E-state index contributed by atoms with van der Waals surface area (Å²) in [5, 5.41) is 22.3. The van der Waals surface area contributed by atoms with Crippen molar-refractivity contribution in [2.24, 2.45) is 0 Å². The zero-order valence-electron chi connectivity index (χ0n) is 60.1. The molecule has 4 aliphatic rings. The van der Waals surface area contributed by atoms with Crippen molar-refractivity contribution in [3.63, 3.8) is 0 Å². The lowest BCUT2D eigenvalue weighted by molar-refractivity contribution is -0.777.